The first-order valence-electron chi connectivity index (χ1n) is 8.99. The van der Waals surface area contributed by atoms with Crippen LogP contribution in [-0.2, 0) is 19.2 Å². The largest absolute Gasteiger partial charge is 0.480 e. The molecular weight excluding hydrogens is 386 g/mol. The summed E-state index contributed by atoms with van der Waals surface area (Å²) in [5.74, 6) is -3.51. The molecule has 0 aromatic heterocycles. The van der Waals surface area contributed by atoms with Crippen LogP contribution in [0.1, 0.15) is 33.6 Å². The summed E-state index contributed by atoms with van der Waals surface area (Å²) in [5.41, 5.74) is 16.0. The van der Waals surface area contributed by atoms with Crippen LogP contribution in [0, 0.1) is 0 Å². The number of aliphatic hydroxyl groups excluding tert-OH is 1. The smallest absolute Gasteiger partial charge is 0.325 e. The van der Waals surface area contributed by atoms with Crippen LogP contribution in [0.15, 0.2) is 4.99 Å². The summed E-state index contributed by atoms with van der Waals surface area (Å²) < 4.78 is 0. The van der Waals surface area contributed by atoms with Crippen molar-refractivity contribution in [3.05, 3.63) is 0 Å². The Bertz CT molecular complexity index is 621. The van der Waals surface area contributed by atoms with Crippen LogP contribution in [0.2, 0.25) is 0 Å². The van der Waals surface area contributed by atoms with Crippen molar-refractivity contribution in [2.24, 2.45) is 22.2 Å². The molecule has 0 heterocycles. The van der Waals surface area contributed by atoms with Crippen LogP contribution in [0.25, 0.3) is 0 Å². The number of carboxylic acids is 1. The van der Waals surface area contributed by atoms with E-state index in [0.717, 1.165) is 0 Å². The molecule has 166 valence electrons. The highest BCUT2D eigenvalue weighted by molar-refractivity contribution is 5.93. The average molecular weight is 417 g/mol. The number of nitrogens with one attached hydrogen (secondary N) is 3. The monoisotopic (exact) mass is 417 g/mol. The fraction of sp³-hybridized carbons (Fsp3) is 0.688. The number of carbonyl (C=O) groups is 4. The lowest BCUT2D eigenvalue weighted by Crippen LogP contribution is -2.57. The van der Waals surface area contributed by atoms with E-state index in [9.17, 15) is 24.3 Å². The average Bonchev–Trinajstić information content (AvgIpc) is 2.62. The van der Waals surface area contributed by atoms with Gasteiger partial charge in [0.25, 0.3) is 0 Å². The molecule has 0 rings (SSSR count). The standard InChI is InChI=1S/C16H31N7O6/c1-7(21-14(27)11(17)9(3)24)12(25)23-10(5-4-6-20-16(18)19)13(26)22-8(2)15(28)29/h7-11,24H,4-6,17H2,1-3H3,(H,21,27)(H,22,26)(H,23,25)(H,28,29)(H4,18,19,20). The van der Waals surface area contributed by atoms with Crippen molar-refractivity contribution >= 4 is 29.7 Å². The second-order valence-corrected chi connectivity index (χ2v) is 6.58. The van der Waals surface area contributed by atoms with Gasteiger partial charge < -0.3 is 43.4 Å². The molecule has 0 spiro atoms. The maximum atomic E-state index is 12.4. The minimum Gasteiger partial charge on any atom is -0.480 e. The molecule has 0 aliphatic heterocycles. The van der Waals surface area contributed by atoms with E-state index in [-0.39, 0.29) is 18.9 Å². The topological polar surface area (TPSA) is 235 Å². The predicted molar refractivity (Wildman–Crippen MR) is 104 cm³/mol. The predicted octanol–water partition coefficient (Wildman–Crippen LogP) is -3.67. The van der Waals surface area contributed by atoms with E-state index < -0.39 is 54.0 Å². The number of nitrogens with two attached hydrogens (primary N) is 3. The van der Waals surface area contributed by atoms with Crippen molar-refractivity contribution in [1.82, 2.24) is 16.0 Å². The minimum absolute atomic E-state index is 0.120. The minimum atomic E-state index is -1.24. The van der Waals surface area contributed by atoms with E-state index in [1.807, 2.05) is 0 Å². The molecule has 29 heavy (non-hydrogen) atoms. The maximum absolute atomic E-state index is 12.4. The van der Waals surface area contributed by atoms with Gasteiger partial charge in [-0.15, -0.1) is 0 Å². The molecule has 0 aliphatic rings. The maximum Gasteiger partial charge on any atom is 0.325 e. The molecule has 0 saturated carbocycles. The summed E-state index contributed by atoms with van der Waals surface area (Å²) in [6.45, 7) is 4.18. The number of hydrogen-bond acceptors (Lipinski definition) is 7. The van der Waals surface area contributed by atoms with Gasteiger partial charge in [-0.3, -0.25) is 24.2 Å². The highest BCUT2D eigenvalue weighted by Gasteiger charge is 2.27. The van der Waals surface area contributed by atoms with Crippen molar-refractivity contribution in [2.75, 3.05) is 6.54 Å². The first-order chi connectivity index (χ1) is 13.4. The van der Waals surface area contributed by atoms with E-state index >= 15 is 0 Å². The molecule has 5 atom stereocenters. The lowest BCUT2D eigenvalue weighted by Gasteiger charge is -2.23. The molecule has 3 amide bonds. The Labute approximate surface area is 168 Å². The molecular formula is C16H31N7O6. The number of nitrogens with zero attached hydrogens (tertiary/aromatic N) is 1. The Hall–Kier alpha value is -2.93. The number of amides is 3. The van der Waals surface area contributed by atoms with Crippen LogP contribution >= 0.6 is 0 Å². The van der Waals surface area contributed by atoms with Crippen LogP contribution in [0.5, 0.6) is 0 Å². The van der Waals surface area contributed by atoms with Gasteiger partial charge in [-0.2, -0.15) is 0 Å². The second-order valence-electron chi connectivity index (χ2n) is 6.58. The summed E-state index contributed by atoms with van der Waals surface area (Å²) in [5, 5.41) is 25.3. The summed E-state index contributed by atoms with van der Waals surface area (Å²) in [7, 11) is 0. The van der Waals surface area contributed by atoms with Crippen molar-refractivity contribution < 1.29 is 29.4 Å². The van der Waals surface area contributed by atoms with Gasteiger partial charge in [-0.25, -0.2) is 0 Å². The zero-order valence-corrected chi connectivity index (χ0v) is 16.7. The normalized spacial score (nSPS) is 15.8. The summed E-state index contributed by atoms with van der Waals surface area (Å²) in [6, 6.07) is -4.53. The Morgan fingerprint density at radius 1 is 0.931 bits per heavy atom. The molecule has 0 fully saturated rings. The molecule has 0 saturated heterocycles. The van der Waals surface area contributed by atoms with Crippen LogP contribution < -0.4 is 33.2 Å². The number of rotatable bonds is 12. The number of aliphatic carboxylic acids is 1. The molecule has 0 aromatic rings. The number of guanidine groups is 1. The SMILES string of the molecule is CC(NC(=O)C(CCCN=C(N)N)NC(=O)C(C)NC(=O)C(N)C(C)O)C(=O)O. The first-order valence-corrected chi connectivity index (χ1v) is 8.99. The van der Waals surface area contributed by atoms with E-state index in [1.54, 1.807) is 0 Å². The van der Waals surface area contributed by atoms with Gasteiger partial charge in [0.15, 0.2) is 5.96 Å². The third kappa shape index (κ3) is 10.3. The van der Waals surface area contributed by atoms with Gasteiger partial charge >= 0.3 is 5.97 Å². The van der Waals surface area contributed by atoms with E-state index in [4.69, 9.17) is 22.3 Å². The third-order valence-electron chi connectivity index (χ3n) is 3.88. The van der Waals surface area contributed by atoms with Crippen molar-refractivity contribution in [3.63, 3.8) is 0 Å². The zero-order chi connectivity index (χ0) is 22.7. The Kier molecular flexibility index (Phi) is 11.2. The molecule has 13 heteroatoms. The van der Waals surface area contributed by atoms with Crippen molar-refractivity contribution in [1.29, 1.82) is 0 Å². The number of hydrogen-bond donors (Lipinski definition) is 8. The Balaban J connectivity index is 5.03. The van der Waals surface area contributed by atoms with Crippen molar-refractivity contribution in [2.45, 2.75) is 63.9 Å². The van der Waals surface area contributed by atoms with Gasteiger partial charge in [-0.05, 0) is 33.6 Å². The van der Waals surface area contributed by atoms with Gasteiger partial charge in [0.1, 0.15) is 24.2 Å². The summed E-state index contributed by atoms with van der Waals surface area (Å²) in [4.78, 5) is 51.3. The van der Waals surface area contributed by atoms with Crippen molar-refractivity contribution in [3.8, 4) is 0 Å². The second kappa shape index (κ2) is 12.5. The Morgan fingerprint density at radius 2 is 1.48 bits per heavy atom. The third-order valence-corrected chi connectivity index (χ3v) is 3.88. The highest BCUT2D eigenvalue weighted by Crippen LogP contribution is 2.01. The molecule has 11 N–H and O–H groups in total. The van der Waals surface area contributed by atoms with Gasteiger partial charge in [0, 0.05) is 6.54 Å². The van der Waals surface area contributed by atoms with Gasteiger partial charge in [-0.1, -0.05) is 0 Å². The van der Waals surface area contributed by atoms with E-state index in [0.29, 0.717) is 6.42 Å². The number of carbonyl (C=O) groups excluding carboxylic acids is 3. The molecule has 5 unspecified atom stereocenters. The van der Waals surface area contributed by atoms with Gasteiger partial charge in [0.05, 0.1) is 6.10 Å². The molecule has 0 radical (unpaired) electrons. The van der Waals surface area contributed by atoms with Crippen LogP contribution in [-0.4, -0.2) is 76.7 Å². The fourth-order valence-electron chi connectivity index (χ4n) is 2.04. The fourth-order valence-corrected chi connectivity index (χ4v) is 2.04. The summed E-state index contributed by atoms with van der Waals surface area (Å²) >= 11 is 0. The van der Waals surface area contributed by atoms with E-state index in [2.05, 4.69) is 20.9 Å². The number of carboxylic acid groups (broad SMARTS) is 1. The molecule has 0 aliphatic carbocycles. The number of aliphatic hydroxyl groups is 1. The molecule has 0 aromatic carbocycles. The highest BCUT2D eigenvalue weighted by atomic mass is 16.4. The van der Waals surface area contributed by atoms with Crippen LogP contribution in [0.4, 0.5) is 0 Å². The quantitative estimate of drug-likeness (QED) is 0.0885. The molecule has 0 bridgehead atoms. The van der Waals surface area contributed by atoms with Crippen LogP contribution in [0.3, 0.4) is 0 Å². The summed E-state index contributed by atoms with van der Waals surface area (Å²) in [6.07, 6.45) is -0.670. The first kappa shape index (κ1) is 26.1. The van der Waals surface area contributed by atoms with Gasteiger partial charge in [0.2, 0.25) is 17.7 Å². The number of aliphatic imine (C=N–C) groups is 1. The lowest BCUT2D eigenvalue weighted by molar-refractivity contribution is -0.141. The lowest BCUT2D eigenvalue weighted by atomic mass is 10.1. The van der Waals surface area contributed by atoms with E-state index in [1.165, 1.54) is 20.8 Å². The zero-order valence-electron chi connectivity index (χ0n) is 16.7. The Morgan fingerprint density at radius 3 is 1.97 bits per heavy atom. The molecule has 13 nitrogen and oxygen atoms in total.